The van der Waals surface area contributed by atoms with E-state index < -0.39 is 24.5 Å². The molecule has 7 nitrogen and oxygen atoms in total. The number of aliphatic hydroxyl groups excluding tert-OH is 3. The van der Waals surface area contributed by atoms with E-state index >= 15 is 0 Å². The molecule has 0 aromatic carbocycles. The lowest BCUT2D eigenvalue weighted by atomic mass is 10.1. The smallest absolute Gasteiger partial charge is 0.225 e. The average molecular weight is 225 g/mol. The molecule has 1 saturated heterocycles. The number of aromatic nitrogens is 3. The van der Waals surface area contributed by atoms with Crippen LogP contribution in [0.25, 0.3) is 0 Å². The second-order valence-electron chi connectivity index (χ2n) is 3.42. The highest BCUT2D eigenvalue weighted by Gasteiger charge is 2.43. The zero-order chi connectivity index (χ0) is 11.7. The van der Waals surface area contributed by atoms with Crippen molar-refractivity contribution in [2.45, 2.75) is 24.5 Å². The van der Waals surface area contributed by atoms with E-state index in [4.69, 9.17) is 16.3 Å². The molecule has 0 saturated carbocycles. The Hall–Kier alpha value is -1.46. The average Bonchev–Trinajstić information content (AvgIpc) is 2.86. The van der Waals surface area contributed by atoms with E-state index in [1.54, 1.807) is 0 Å². The van der Waals surface area contributed by atoms with Gasteiger partial charge >= 0.3 is 0 Å². The maximum absolute atomic E-state index is 9.67. The molecule has 0 aliphatic carbocycles. The molecule has 3 N–H and O–H groups in total. The summed E-state index contributed by atoms with van der Waals surface area (Å²) >= 11 is 0. The first kappa shape index (κ1) is 11.0. The molecule has 0 radical (unpaired) electrons. The van der Waals surface area contributed by atoms with Gasteiger partial charge in [0.15, 0.2) is 6.23 Å². The van der Waals surface area contributed by atoms with E-state index in [1.807, 2.05) is 0 Å². The van der Waals surface area contributed by atoms with Crippen LogP contribution in [0.3, 0.4) is 0 Å². The summed E-state index contributed by atoms with van der Waals surface area (Å²) in [7, 11) is 0. The largest absolute Gasteiger partial charge is 0.394 e. The van der Waals surface area contributed by atoms with Crippen LogP contribution in [0.2, 0.25) is 0 Å². The van der Waals surface area contributed by atoms with Crippen LogP contribution in [0, 0.1) is 12.3 Å². The van der Waals surface area contributed by atoms with Gasteiger partial charge in [0, 0.05) is 0 Å². The highest BCUT2D eigenvalue weighted by molar-refractivity contribution is 5.12. The minimum Gasteiger partial charge on any atom is -0.394 e. The van der Waals surface area contributed by atoms with Crippen molar-refractivity contribution in [1.29, 1.82) is 0 Å². The van der Waals surface area contributed by atoms with Crippen molar-refractivity contribution in [2.24, 2.45) is 0 Å². The van der Waals surface area contributed by atoms with Gasteiger partial charge in [-0.3, -0.25) is 0 Å². The lowest BCUT2D eigenvalue weighted by Crippen LogP contribution is -2.33. The molecule has 16 heavy (non-hydrogen) atoms. The van der Waals surface area contributed by atoms with Gasteiger partial charge < -0.3 is 20.1 Å². The Morgan fingerprint density at radius 3 is 2.75 bits per heavy atom. The second kappa shape index (κ2) is 4.19. The molecule has 1 aromatic heterocycles. The highest BCUT2D eigenvalue weighted by atomic mass is 16.6. The van der Waals surface area contributed by atoms with Crippen molar-refractivity contribution in [3.05, 3.63) is 12.2 Å². The fraction of sp³-hybridized carbons (Fsp3) is 0.556. The number of hydrogen-bond donors (Lipinski definition) is 3. The zero-order valence-electron chi connectivity index (χ0n) is 8.26. The normalized spacial score (nSPS) is 33.9. The van der Waals surface area contributed by atoms with Crippen molar-refractivity contribution < 1.29 is 20.1 Å². The van der Waals surface area contributed by atoms with E-state index in [0.29, 0.717) is 0 Å². The van der Waals surface area contributed by atoms with Crippen molar-refractivity contribution >= 4 is 0 Å². The first-order valence-corrected chi connectivity index (χ1v) is 4.67. The molecular formula is C9H11N3O4. The molecule has 7 heteroatoms. The highest BCUT2D eigenvalue weighted by Crippen LogP contribution is 2.28. The molecule has 0 spiro atoms. The van der Waals surface area contributed by atoms with Crippen LogP contribution in [-0.4, -0.2) is 55.0 Å². The Bertz CT molecular complexity index is 413. The van der Waals surface area contributed by atoms with Gasteiger partial charge in [-0.2, -0.15) is 0 Å². The third kappa shape index (κ3) is 1.68. The van der Waals surface area contributed by atoms with Gasteiger partial charge in [0.1, 0.15) is 24.6 Å². The third-order valence-corrected chi connectivity index (χ3v) is 2.42. The molecular weight excluding hydrogens is 214 g/mol. The van der Waals surface area contributed by atoms with Crippen molar-refractivity contribution in [3.63, 3.8) is 0 Å². The van der Waals surface area contributed by atoms with Crippen LogP contribution >= 0.6 is 0 Å². The summed E-state index contributed by atoms with van der Waals surface area (Å²) in [6.45, 7) is -0.384. The van der Waals surface area contributed by atoms with Crippen LogP contribution < -0.4 is 0 Å². The number of terminal acetylenes is 1. The van der Waals surface area contributed by atoms with Gasteiger partial charge in [0.2, 0.25) is 5.82 Å². The molecule has 0 unspecified atom stereocenters. The maximum Gasteiger partial charge on any atom is 0.225 e. The molecule has 0 bridgehead atoms. The maximum atomic E-state index is 9.67. The fourth-order valence-corrected chi connectivity index (χ4v) is 1.56. The molecule has 1 aromatic rings. The number of aliphatic hydroxyl groups is 3. The Labute approximate surface area is 91.3 Å². The van der Waals surface area contributed by atoms with Gasteiger partial charge in [-0.05, 0) is 5.92 Å². The summed E-state index contributed by atoms with van der Waals surface area (Å²) in [4.78, 5) is 3.77. The minimum atomic E-state index is -1.18. The summed E-state index contributed by atoms with van der Waals surface area (Å²) in [6, 6.07) is 0. The van der Waals surface area contributed by atoms with Crippen molar-refractivity contribution in [3.8, 4) is 12.3 Å². The number of hydrogen-bond acceptors (Lipinski definition) is 6. The molecule has 2 rings (SSSR count). The van der Waals surface area contributed by atoms with Crippen LogP contribution in [0.15, 0.2) is 6.33 Å². The van der Waals surface area contributed by atoms with Crippen LogP contribution in [0.1, 0.15) is 12.1 Å². The molecule has 0 amide bonds. The van der Waals surface area contributed by atoms with Gasteiger partial charge in [-0.1, -0.05) is 0 Å². The Morgan fingerprint density at radius 1 is 1.50 bits per heavy atom. The topological polar surface area (TPSA) is 101 Å². The van der Waals surface area contributed by atoms with E-state index in [1.165, 1.54) is 11.0 Å². The Balaban J connectivity index is 2.20. The summed E-state index contributed by atoms with van der Waals surface area (Å²) in [5.74, 6) is 2.39. The lowest BCUT2D eigenvalue weighted by molar-refractivity contribution is -0.0588. The molecule has 1 fully saturated rings. The first-order chi connectivity index (χ1) is 7.67. The summed E-state index contributed by atoms with van der Waals surface area (Å²) in [5.41, 5.74) is 0. The summed E-state index contributed by atoms with van der Waals surface area (Å²) < 4.78 is 6.44. The van der Waals surface area contributed by atoms with Crippen LogP contribution in [0.5, 0.6) is 0 Å². The number of nitrogens with zero attached hydrogens (tertiary/aromatic N) is 3. The number of rotatable bonds is 2. The van der Waals surface area contributed by atoms with E-state index in [9.17, 15) is 10.2 Å². The second-order valence-corrected chi connectivity index (χ2v) is 3.42. The summed E-state index contributed by atoms with van der Waals surface area (Å²) in [6.07, 6.45) is 2.34. The molecule has 1 aliphatic heterocycles. The van der Waals surface area contributed by atoms with Gasteiger partial charge in [-0.15, -0.1) is 11.5 Å². The Morgan fingerprint density at radius 2 is 2.25 bits per heavy atom. The third-order valence-electron chi connectivity index (χ3n) is 2.42. The molecule has 1 aliphatic rings. The number of ether oxygens (including phenoxy) is 1. The Kier molecular flexibility index (Phi) is 2.89. The fourth-order valence-electron chi connectivity index (χ4n) is 1.56. The quantitative estimate of drug-likeness (QED) is 0.497. The summed E-state index contributed by atoms with van der Waals surface area (Å²) in [5, 5.41) is 31.9. The van der Waals surface area contributed by atoms with E-state index in [0.717, 1.165) is 0 Å². The zero-order valence-corrected chi connectivity index (χ0v) is 8.26. The monoisotopic (exact) mass is 225 g/mol. The molecule has 2 heterocycles. The standard InChI is InChI=1S/C9H11N3O4/c1-2-6-10-4-12(11-6)9-8(15)7(14)5(3-13)16-9/h1,4-5,7-9,13-15H,3H2/t5-,7-,8-,9-/m1/s1. The van der Waals surface area contributed by atoms with Gasteiger partial charge in [-0.25, -0.2) is 9.67 Å². The van der Waals surface area contributed by atoms with Crippen LogP contribution in [-0.2, 0) is 4.74 Å². The van der Waals surface area contributed by atoms with Crippen molar-refractivity contribution in [2.75, 3.05) is 6.61 Å². The molecule has 86 valence electrons. The van der Waals surface area contributed by atoms with Gasteiger partial charge in [0.25, 0.3) is 0 Å². The van der Waals surface area contributed by atoms with Crippen molar-refractivity contribution in [1.82, 2.24) is 14.8 Å². The molecule has 4 atom stereocenters. The SMILES string of the molecule is C#Cc1ncn([C@@H]2O[C@H](CO)[C@@H](O)[C@H]2O)n1. The van der Waals surface area contributed by atoms with Gasteiger partial charge in [0.05, 0.1) is 6.61 Å². The minimum absolute atomic E-state index is 0.165. The predicted molar refractivity (Wildman–Crippen MR) is 51.0 cm³/mol. The lowest BCUT2D eigenvalue weighted by Gasteiger charge is -2.13. The predicted octanol–water partition coefficient (Wildman–Crippen LogP) is -2.13. The van der Waals surface area contributed by atoms with E-state index in [2.05, 4.69) is 16.0 Å². The van der Waals surface area contributed by atoms with E-state index in [-0.39, 0.29) is 12.4 Å². The van der Waals surface area contributed by atoms with Crippen LogP contribution in [0.4, 0.5) is 0 Å². The first-order valence-electron chi connectivity index (χ1n) is 4.67.